The Morgan fingerprint density at radius 2 is 1.92 bits per heavy atom. The second-order valence-electron chi connectivity index (χ2n) is 6.64. The van der Waals surface area contributed by atoms with Crippen molar-refractivity contribution in [3.8, 4) is 0 Å². The van der Waals surface area contributed by atoms with Crippen molar-refractivity contribution in [3.05, 3.63) is 20.8 Å². The van der Waals surface area contributed by atoms with Crippen molar-refractivity contribution in [2.45, 2.75) is 26.3 Å². The van der Waals surface area contributed by atoms with Gasteiger partial charge in [0.1, 0.15) is 0 Å². The minimum atomic E-state index is -0.472. The molecule has 0 unspecified atom stereocenters. The monoisotopic (exact) mass is 363 g/mol. The molecule has 142 valence electrons. The van der Waals surface area contributed by atoms with E-state index in [1.165, 1.54) is 4.57 Å². The highest BCUT2D eigenvalue weighted by Gasteiger charge is 2.25. The molecule has 0 atom stereocenters. The summed E-state index contributed by atoms with van der Waals surface area (Å²) < 4.78 is 3.27. The number of anilines is 1. The van der Waals surface area contributed by atoms with E-state index in [0.717, 1.165) is 12.8 Å². The average Bonchev–Trinajstić information content (AvgIpc) is 2.98. The van der Waals surface area contributed by atoms with E-state index in [4.69, 9.17) is 5.73 Å². The van der Waals surface area contributed by atoms with Gasteiger partial charge >= 0.3 is 5.69 Å². The van der Waals surface area contributed by atoms with Crippen molar-refractivity contribution in [1.29, 1.82) is 0 Å². The molecule has 1 aliphatic heterocycles. The molecule has 1 amide bonds. The van der Waals surface area contributed by atoms with Gasteiger partial charge in [-0.2, -0.15) is 4.98 Å². The molecule has 26 heavy (non-hydrogen) atoms. The van der Waals surface area contributed by atoms with E-state index in [-0.39, 0.29) is 12.5 Å². The molecule has 3 heterocycles. The Labute approximate surface area is 150 Å². The van der Waals surface area contributed by atoms with Crippen LogP contribution in [-0.4, -0.2) is 62.6 Å². The largest absolute Gasteiger partial charge is 0.369 e. The number of nitrogens with one attached hydrogen (secondary N) is 1. The number of fused-ring (bicyclic) bond motifs is 1. The number of hydrogen-bond donors (Lipinski definition) is 2. The Kier molecular flexibility index (Phi) is 5.12. The van der Waals surface area contributed by atoms with Crippen LogP contribution in [0.15, 0.2) is 9.59 Å². The number of carbonyl (C=O) groups excluding carboxylic acids is 1. The first-order valence-electron chi connectivity index (χ1n) is 8.87. The van der Waals surface area contributed by atoms with Crippen LogP contribution in [-0.2, 0) is 18.4 Å². The minimum absolute atomic E-state index is 0.244. The van der Waals surface area contributed by atoms with E-state index in [1.54, 1.807) is 7.05 Å². The van der Waals surface area contributed by atoms with E-state index in [2.05, 4.69) is 21.8 Å². The van der Waals surface area contributed by atoms with Crippen LogP contribution in [0.5, 0.6) is 0 Å². The van der Waals surface area contributed by atoms with Gasteiger partial charge in [0.05, 0.1) is 6.54 Å². The van der Waals surface area contributed by atoms with Gasteiger partial charge in [0, 0.05) is 39.8 Å². The third-order valence-corrected chi connectivity index (χ3v) is 4.76. The number of carbonyl (C=O) groups is 1. The molecule has 3 rings (SSSR count). The molecule has 0 bridgehead atoms. The van der Waals surface area contributed by atoms with Crippen LogP contribution in [0.25, 0.3) is 11.2 Å². The molecular formula is C16H25N7O3. The maximum absolute atomic E-state index is 12.4. The van der Waals surface area contributed by atoms with Gasteiger partial charge in [-0.1, -0.05) is 13.3 Å². The lowest BCUT2D eigenvalue weighted by molar-refractivity contribution is -0.119. The number of rotatable bonds is 6. The molecule has 0 spiro atoms. The zero-order valence-corrected chi connectivity index (χ0v) is 15.2. The summed E-state index contributed by atoms with van der Waals surface area (Å²) in [6, 6.07) is 0. The molecule has 1 saturated heterocycles. The molecule has 10 heteroatoms. The Bertz CT molecular complexity index is 918. The Hall–Kier alpha value is -2.62. The summed E-state index contributed by atoms with van der Waals surface area (Å²) in [5.74, 6) is 0.356. The van der Waals surface area contributed by atoms with Crippen LogP contribution < -0.4 is 21.9 Å². The third kappa shape index (κ3) is 3.36. The number of imidazole rings is 1. The Balaban J connectivity index is 1.99. The molecule has 10 nitrogen and oxygen atoms in total. The van der Waals surface area contributed by atoms with Crippen LogP contribution in [0, 0.1) is 0 Å². The highest BCUT2D eigenvalue weighted by molar-refractivity contribution is 5.76. The van der Waals surface area contributed by atoms with Gasteiger partial charge in [0.15, 0.2) is 11.2 Å². The van der Waals surface area contributed by atoms with Crippen LogP contribution in [0.1, 0.15) is 19.8 Å². The molecule has 2 aromatic rings. The van der Waals surface area contributed by atoms with Crippen LogP contribution in [0.3, 0.4) is 0 Å². The number of aryl methyl sites for hydroxylation is 2. The second-order valence-corrected chi connectivity index (χ2v) is 6.64. The Morgan fingerprint density at radius 1 is 1.23 bits per heavy atom. The predicted molar refractivity (Wildman–Crippen MR) is 98.4 cm³/mol. The summed E-state index contributed by atoms with van der Waals surface area (Å²) in [6.45, 7) is 5.72. The first kappa shape index (κ1) is 18.2. The van der Waals surface area contributed by atoms with E-state index in [9.17, 15) is 14.4 Å². The van der Waals surface area contributed by atoms with Crippen molar-refractivity contribution in [2.75, 3.05) is 37.6 Å². The van der Waals surface area contributed by atoms with Gasteiger partial charge in [0.2, 0.25) is 11.9 Å². The lowest BCUT2D eigenvalue weighted by Gasteiger charge is -2.34. The summed E-state index contributed by atoms with van der Waals surface area (Å²) in [6.07, 6.45) is 1.89. The zero-order chi connectivity index (χ0) is 18.8. The molecular weight excluding hydrogens is 338 g/mol. The SMILES string of the molecule is CCCCn1c(N2CCN(CC(N)=O)CC2)nc2c1c(=O)[nH]c(=O)n2C. The number of piperazine rings is 1. The van der Waals surface area contributed by atoms with E-state index >= 15 is 0 Å². The lowest BCUT2D eigenvalue weighted by atomic mass is 10.3. The van der Waals surface area contributed by atoms with Gasteiger partial charge in [-0.15, -0.1) is 0 Å². The fraction of sp³-hybridized carbons (Fsp3) is 0.625. The molecule has 3 N–H and O–H groups in total. The van der Waals surface area contributed by atoms with E-state index in [0.29, 0.717) is 49.8 Å². The molecule has 0 aliphatic carbocycles. The number of aromatic nitrogens is 4. The molecule has 0 saturated carbocycles. The van der Waals surface area contributed by atoms with E-state index in [1.807, 2.05) is 9.47 Å². The summed E-state index contributed by atoms with van der Waals surface area (Å²) in [7, 11) is 1.60. The number of H-pyrrole nitrogens is 1. The zero-order valence-electron chi connectivity index (χ0n) is 15.2. The number of hydrogen-bond acceptors (Lipinski definition) is 6. The Morgan fingerprint density at radius 3 is 2.54 bits per heavy atom. The lowest BCUT2D eigenvalue weighted by Crippen LogP contribution is -2.49. The van der Waals surface area contributed by atoms with Crippen molar-refractivity contribution in [3.63, 3.8) is 0 Å². The number of aromatic amines is 1. The summed E-state index contributed by atoms with van der Waals surface area (Å²) in [4.78, 5) is 46.5. The van der Waals surface area contributed by atoms with Gasteiger partial charge in [-0.25, -0.2) is 4.79 Å². The number of primary amides is 1. The number of nitrogens with two attached hydrogens (primary N) is 1. The van der Waals surface area contributed by atoms with Gasteiger partial charge in [-0.05, 0) is 6.42 Å². The van der Waals surface area contributed by atoms with Gasteiger partial charge in [0.25, 0.3) is 5.56 Å². The highest BCUT2D eigenvalue weighted by Crippen LogP contribution is 2.21. The molecule has 2 aromatic heterocycles. The van der Waals surface area contributed by atoms with Crippen LogP contribution >= 0.6 is 0 Å². The fourth-order valence-corrected chi connectivity index (χ4v) is 3.32. The first-order chi connectivity index (χ1) is 12.4. The minimum Gasteiger partial charge on any atom is -0.369 e. The van der Waals surface area contributed by atoms with Crippen molar-refractivity contribution in [1.82, 2.24) is 24.0 Å². The van der Waals surface area contributed by atoms with Gasteiger partial charge < -0.3 is 15.2 Å². The van der Waals surface area contributed by atoms with Crippen LogP contribution in [0.2, 0.25) is 0 Å². The predicted octanol–water partition coefficient (Wildman–Crippen LogP) is -1.17. The first-order valence-corrected chi connectivity index (χ1v) is 8.87. The molecule has 1 aliphatic rings. The summed E-state index contributed by atoms with van der Waals surface area (Å²) in [5.41, 5.74) is 5.20. The normalized spacial score (nSPS) is 15.7. The van der Waals surface area contributed by atoms with Crippen molar-refractivity contribution >= 4 is 23.0 Å². The topological polar surface area (TPSA) is 122 Å². The molecule has 0 radical (unpaired) electrons. The maximum Gasteiger partial charge on any atom is 0.329 e. The number of amides is 1. The smallest absolute Gasteiger partial charge is 0.329 e. The summed E-state index contributed by atoms with van der Waals surface area (Å²) >= 11 is 0. The molecule has 1 fully saturated rings. The van der Waals surface area contributed by atoms with Crippen molar-refractivity contribution in [2.24, 2.45) is 12.8 Å². The highest BCUT2D eigenvalue weighted by atomic mass is 16.2. The third-order valence-electron chi connectivity index (χ3n) is 4.76. The number of unbranched alkanes of at least 4 members (excludes halogenated alkanes) is 1. The molecule has 0 aromatic carbocycles. The van der Waals surface area contributed by atoms with Crippen LogP contribution in [0.4, 0.5) is 5.95 Å². The maximum atomic E-state index is 12.4. The number of nitrogens with zero attached hydrogens (tertiary/aromatic N) is 5. The quantitative estimate of drug-likeness (QED) is 0.667. The van der Waals surface area contributed by atoms with E-state index < -0.39 is 11.2 Å². The standard InChI is InChI=1S/C16H25N7O3/c1-3-4-5-23-12-13(20(2)16(26)19-14(12)25)18-15(23)22-8-6-21(7-9-22)10-11(17)24/h3-10H2,1-2H3,(H2,17,24)(H,19,25,26). The second kappa shape index (κ2) is 7.32. The van der Waals surface area contributed by atoms with Gasteiger partial charge in [-0.3, -0.25) is 24.0 Å². The van der Waals surface area contributed by atoms with Crippen molar-refractivity contribution < 1.29 is 4.79 Å². The summed E-state index contributed by atoms with van der Waals surface area (Å²) in [5, 5.41) is 0. The fourth-order valence-electron chi connectivity index (χ4n) is 3.32. The average molecular weight is 363 g/mol.